The van der Waals surface area contributed by atoms with Crippen molar-refractivity contribution in [2.45, 2.75) is 25.3 Å². The maximum absolute atomic E-state index is 12.5. The topological polar surface area (TPSA) is 50.8 Å². The van der Waals surface area contributed by atoms with E-state index in [0.29, 0.717) is 13.1 Å². The number of carbonyl (C=O) groups excluding carboxylic acids is 1. The Labute approximate surface area is 171 Å². The molecule has 5 nitrogen and oxygen atoms in total. The van der Waals surface area contributed by atoms with Crippen LogP contribution in [0.5, 0.6) is 11.5 Å². The fraction of sp³-hybridized carbons (Fsp3) is 0.409. The van der Waals surface area contributed by atoms with Gasteiger partial charge in [0.1, 0.15) is 11.5 Å². The van der Waals surface area contributed by atoms with Gasteiger partial charge in [0, 0.05) is 23.2 Å². The minimum atomic E-state index is 0.0378. The molecule has 1 aliphatic rings. The second-order valence-electron chi connectivity index (χ2n) is 6.97. The first-order chi connectivity index (χ1) is 13.6. The average Bonchev–Trinajstić information content (AvgIpc) is 3.15. The van der Waals surface area contributed by atoms with Crippen LogP contribution in [0, 0.1) is 0 Å². The second kappa shape index (κ2) is 9.80. The molecule has 1 N–H and O–H groups in total. The molecule has 0 saturated carbocycles. The van der Waals surface area contributed by atoms with Crippen molar-refractivity contribution in [2.24, 2.45) is 0 Å². The van der Waals surface area contributed by atoms with E-state index in [1.807, 2.05) is 42.5 Å². The van der Waals surface area contributed by atoms with E-state index in [2.05, 4.69) is 10.2 Å². The minimum absolute atomic E-state index is 0.0378. The highest BCUT2D eigenvalue weighted by atomic mass is 35.5. The smallest absolute Gasteiger partial charge is 0.234 e. The van der Waals surface area contributed by atoms with Gasteiger partial charge in [-0.25, -0.2) is 0 Å². The van der Waals surface area contributed by atoms with E-state index in [-0.39, 0.29) is 11.9 Å². The number of nitrogens with zero attached hydrogens (tertiary/aromatic N) is 1. The van der Waals surface area contributed by atoms with Crippen molar-refractivity contribution >= 4 is 17.5 Å². The van der Waals surface area contributed by atoms with E-state index in [4.69, 9.17) is 21.1 Å². The Balaban J connectivity index is 1.58. The number of halogens is 1. The Morgan fingerprint density at radius 1 is 1.21 bits per heavy atom. The highest BCUT2D eigenvalue weighted by molar-refractivity contribution is 6.30. The van der Waals surface area contributed by atoms with Gasteiger partial charge in [0.05, 0.1) is 20.8 Å². The summed E-state index contributed by atoms with van der Waals surface area (Å²) in [5, 5.41) is 3.74. The molecule has 6 heteroatoms. The van der Waals surface area contributed by atoms with Gasteiger partial charge in [-0.3, -0.25) is 9.69 Å². The zero-order valence-corrected chi connectivity index (χ0v) is 17.2. The quantitative estimate of drug-likeness (QED) is 0.728. The number of rotatable bonds is 8. The molecule has 0 aromatic heterocycles. The third kappa shape index (κ3) is 5.18. The fourth-order valence-electron chi connectivity index (χ4n) is 3.75. The molecule has 0 spiro atoms. The third-order valence-corrected chi connectivity index (χ3v) is 5.37. The van der Waals surface area contributed by atoms with Crippen molar-refractivity contribution in [1.29, 1.82) is 0 Å². The van der Waals surface area contributed by atoms with Crippen molar-refractivity contribution in [3.05, 3.63) is 58.6 Å². The Morgan fingerprint density at radius 3 is 2.82 bits per heavy atom. The fourth-order valence-corrected chi connectivity index (χ4v) is 3.96. The Kier molecular flexibility index (Phi) is 7.18. The lowest BCUT2D eigenvalue weighted by Crippen LogP contribution is -2.37. The molecular weight excluding hydrogens is 376 g/mol. The normalized spacial score (nSPS) is 16.8. The van der Waals surface area contributed by atoms with Crippen molar-refractivity contribution in [2.75, 3.05) is 33.9 Å². The molecule has 2 aromatic rings. The number of amides is 1. The van der Waals surface area contributed by atoms with Crippen LogP contribution in [-0.4, -0.2) is 44.7 Å². The number of ether oxygens (including phenoxy) is 2. The number of benzene rings is 2. The molecule has 3 rings (SSSR count). The van der Waals surface area contributed by atoms with Gasteiger partial charge in [0.25, 0.3) is 0 Å². The van der Waals surface area contributed by atoms with Crippen LogP contribution in [0.2, 0.25) is 5.02 Å². The number of methoxy groups -OCH3 is 2. The van der Waals surface area contributed by atoms with Gasteiger partial charge in [-0.1, -0.05) is 23.7 Å². The van der Waals surface area contributed by atoms with Crippen molar-refractivity contribution in [3.8, 4) is 11.5 Å². The molecule has 2 aromatic carbocycles. The van der Waals surface area contributed by atoms with Gasteiger partial charge in [0.2, 0.25) is 5.91 Å². The first kappa shape index (κ1) is 20.5. The second-order valence-corrected chi connectivity index (χ2v) is 7.40. The number of carbonyl (C=O) groups is 1. The molecule has 0 bridgehead atoms. The monoisotopic (exact) mass is 402 g/mol. The largest absolute Gasteiger partial charge is 0.497 e. The predicted octanol–water partition coefficient (Wildman–Crippen LogP) is 3.85. The van der Waals surface area contributed by atoms with Crippen molar-refractivity contribution in [1.82, 2.24) is 10.2 Å². The molecule has 0 radical (unpaired) electrons. The van der Waals surface area contributed by atoms with Gasteiger partial charge < -0.3 is 14.8 Å². The highest BCUT2D eigenvalue weighted by Gasteiger charge is 2.30. The number of hydrogen-bond acceptors (Lipinski definition) is 4. The van der Waals surface area contributed by atoms with Gasteiger partial charge >= 0.3 is 0 Å². The zero-order chi connectivity index (χ0) is 19.9. The molecule has 1 saturated heterocycles. The average molecular weight is 403 g/mol. The molecule has 1 fully saturated rings. The first-order valence-electron chi connectivity index (χ1n) is 9.58. The van der Waals surface area contributed by atoms with Gasteiger partial charge in [-0.2, -0.15) is 0 Å². The van der Waals surface area contributed by atoms with E-state index in [0.717, 1.165) is 53.5 Å². The summed E-state index contributed by atoms with van der Waals surface area (Å²) in [7, 11) is 3.33. The number of hydrogen-bond donors (Lipinski definition) is 1. The Hall–Kier alpha value is -2.24. The molecular formula is C22H27ClN2O3. The molecule has 1 heterocycles. The van der Waals surface area contributed by atoms with E-state index < -0.39 is 0 Å². The summed E-state index contributed by atoms with van der Waals surface area (Å²) in [6, 6.07) is 13.7. The van der Waals surface area contributed by atoms with Crippen LogP contribution in [0.3, 0.4) is 0 Å². The summed E-state index contributed by atoms with van der Waals surface area (Å²) in [6.07, 6.45) is 2.82. The summed E-state index contributed by atoms with van der Waals surface area (Å²) in [5.41, 5.74) is 2.19. The van der Waals surface area contributed by atoms with Crippen LogP contribution in [0.25, 0.3) is 0 Å². The lowest BCUT2D eigenvalue weighted by Gasteiger charge is -2.26. The van der Waals surface area contributed by atoms with E-state index in [1.54, 1.807) is 14.2 Å². The Bertz CT molecular complexity index is 812. The summed E-state index contributed by atoms with van der Waals surface area (Å²) in [5.74, 6) is 1.67. The van der Waals surface area contributed by atoms with Gasteiger partial charge in [-0.05, 0) is 61.7 Å². The Morgan fingerprint density at radius 2 is 2.07 bits per heavy atom. The van der Waals surface area contributed by atoms with Crippen molar-refractivity contribution in [3.63, 3.8) is 0 Å². The van der Waals surface area contributed by atoms with Crippen LogP contribution in [0.1, 0.15) is 30.0 Å². The van der Waals surface area contributed by atoms with Gasteiger partial charge in [0.15, 0.2) is 0 Å². The maximum atomic E-state index is 12.5. The molecule has 1 atom stereocenters. The molecule has 150 valence electrons. The molecule has 0 unspecified atom stereocenters. The molecule has 1 amide bonds. The van der Waals surface area contributed by atoms with Crippen LogP contribution < -0.4 is 14.8 Å². The SMILES string of the molecule is COc1ccc(OC)c([C@@H]2CCCN2CC(=O)NCCc2cccc(Cl)c2)c1. The minimum Gasteiger partial charge on any atom is -0.497 e. The van der Waals surface area contributed by atoms with E-state index >= 15 is 0 Å². The standard InChI is InChI=1S/C22H27ClN2O3/c1-27-18-8-9-21(28-2)19(14-18)20-7-4-12-25(20)15-22(26)24-11-10-16-5-3-6-17(23)13-16/h3,5-6,8-9,13-14,20H,4,7,10-12,15H2,1-2H3,(H,24,26)/t20-/m0/s1. The molecule has 28 heavy (non-hydrogen) atoms. The summed E-state index contributed by atoms with van der Waals surface area (Å²) < 4.78 is 10.9. The lowest BCUT2D eigenvalue weighted by atomic mass is 10.0. The zero-order valence-electron chi connectivity index (χ0n) is 16.4. The van der Waals surface area contributed by atoms with Crippen LogP contribution in [0.4, 0.5) is 0 Å². The highest BCUT2D eigenvalue weighted by Crippen LogP contribution is 2.38. The third-order valence-electron chi connectivity index (χ3n) is 5.13. The first-order valence-corrected chi connectivity index (χ1v) is 9.95. The molecule has 0 aliphatic carbocycles. The summed E-state index contributed by atoms with van der Waals surface area (Å²) in [4.78, 5) is 14.7. The summed E-state index contributed by atoms with van der Waals surface area (Å²) in [6.45, 7) is 1.87. The predicted molar refractivity (Wildman–Crippen MR) is 111 cm³/mol. The number of likely N-dealkylation sites (tertiary alicyclic amines) is 1. The lowest BCUT2D eigenvalue weighted by molar-refractivity contribution is -0.122. The van der Waals surface area contributed by atoms with E-state index in [1.165, 1.54) is 0 Å². The summed E-state index contributed by atoms with van der Waals surface area (Å²) >= 11 is 6.01. The van der Waals surface area contributed by atoms with Crippen LogP contribution in [0.15, 0.2) is 42.5 Å². The van der Waals surface area contributed by atoms with Crippen molar-refractivity contribution < 1.29 is 14.3 Å². The maximum Gasteiger partial charge on any atom is 0.234 e. The van der Waals surface area contributed by atoms with Crippen LogP contribution in [-0.2, 0) is 11.2 Å². The molecule has 1 aliphatic heterocycles. The van der Waals surface area contributed by atoms with E-state index in [9.17, 15) is 4.79 Å². The van der Waals surface area contributed by atoms with Gasteiger partial charge in [-0.15, -0.1) is 0 Å². The number of nitrogens with one attached hydrogen (secondary N) is 1. The van der Waals surface area contributed by atoms with Crippen LogP contribution >= 0.6 is 11.6 Å².